The largest absolute Gasteiger partial charge is 0.383 e. The Morgan fingerprint density at radius 1 is 1.06 bits per heavy atom. The van der Waals surface area contributed by atoms with Crippen molar-refractivity contribution in [3.8, 4) is 5.75 Å². The van der Waals surface area contributed by atoms with Crippen LogP contribution < -0.4 is 4.18 Å². The lowest BCUT2D eigenvalue weighted by Gasteiger charge is -2.10. The lowest BCUT2D eigenvalue weighted by atomic mass is 10.0. The van der Waals surface area contributed by atoms with Crippen LogP contribution in [0.4, 0.5) is 5.69 Å². The van der Waals surface area contributed by atoms with Gasteiger partial charge in [-0.25, -0.2) is 0 Å². The van der Waals surface area contributed by atoms with Crippen LogP contribution in [0.3, 0.4) is 0 Å². The molecule has 166 valence electrons. The van der Waals surface area contributed by atoms with E-state index < -0.39 is 21.5 Å². The van der Waals surface area contributed by atoms with E-state index in [-0.39, 0.29) is 28.4 Å². The van der Waals surface area contributed by atoms with Crippen LogP contribution in [0, 0.1) is 18.8 Å². The molecule has 2 N–H and O–H groups in total. The number of nitrogens with zero attached hydrogens (tertiary/aromatic N) is 2. The maximum atomic E-state index is 11.8. The Morgan fingerprint density at radius 2 is 1.71 bits per heavy atom. The van der Waals surface area contributed by atoms with Gasteiger partial charge in [-0.2, -0.15) is 12.6 Å². The van der Waals surface area contributed by atoms with Crippen LogP contribution in [0.1, 0.15) is 41.4 Å². The lowest BCUT2D eigenvalue weighted by molar-refractivity contribution is 0.190. The molecule has 2 fully saturated rings. The van der Waals surface area contributed by atoms with Crippen molar-refractivity contribution < 1.29 is 30.8 Å². The Hall–Kier alpha value is -2.34. The minimum absolute atomic E-state index is 0.0234. The molecular weight excluding hydrogens is 444 g/mol. The van der Waals surface area contributed by atoms with Crippen LogP contribution in [-0.2, 0) is 26.3 Å². The van der Waals surface area contributed by atoms with Crippen LogP contribution in [-0.4, -0.2) is 28.8 Å². The van der Waals surface area contributed by atoms with Crippen LogP contribution in [0.2, 0.25) is 0 Å². The SMILES string of the molecule is CON=Nc1ccc(C2CC2C2CC2c2ccc(C)cc2S(=O)(=O)O)c(OS(=O)O)c1. The Labute approximate surface area is 182 Å². The molecular formula is C20H22N2O7S2. The van der Waals surface area contributed by atoms with E-state index in [1.165, 1.54) is 19.2 Å². The molecule has 9 nitrogen and oxygen atoms in total. The molecule has 0 aliphatic heterocycles. The number of hydrogen-bond donors (Lipinski definition) is 2. The first-order valence-corrected chi connectivity index (χ1v) is 12.1. The molecule has 11 heteroatoms. The molecule has 0 amide bonds. The van der Waals surface area contributed by atoms with E-state index in [1.807, 2.05) is 6.07 Å². The highest BCUT2D eigenvalue weighted by atomic mass is 32.2. The van der Waals surface area contributed by atoms with Crippen LogP contribution in [0.15, 0.2) is 51.7 Å². The average molecular weight is 467 g/mol. The first-order chi connectivity index (χ1) is 14.7. The van der Waals surface area contributed by atoms with Crippen LogP contribution >= 0.6 is 0 Å². The lowest BCUT2D eigenvalue weighted by Crippen LogP contribution is -2.04. The summed E-state index contributed by atoms with van der Waals surface area (Å²) in [5, 5.41) is 7.28. The van der Waals surface area contributed by atoms with E-state index >= 15 is 0 Å². The molecule has 2 aromatic carbocycles. The Bertz CT molecular complexity index is 1170. The van der Waals surface area contributed by atoms with E-state index in [1.54, 1.807) is 25.1 Å². The quantitative estimate of drug-likeness (QED) is 0.256. The Balaban J connectivity index is 1.54. The summed E-state index contributed by atoms with van der Waals surface area (Å²) in [5.41, 5.74) is 2.63. The van der Waals surface area contributed by atoms with E-state index in [0.717, 1.165) is 24.0 Å². The van der Waals surface area contributed by atoms with Gasteiger partial charge in [-0.3, -0.25) is 9.11 Å². The van der Waals surface area contributed by atoms with Crippen molar-refractivity contribution in [3.05, 3.63) is 53.1 Å². The molecule has 31 heavy (non-hydrogen) atoms. The summed E-state index contributed by atoms with van der Waals surface area (Å²) in [6.07, 6.45) is 1.69. The first kappa shape index (κ1) is 21.9. The van der Waals surface area contributed by atoms with Gasteiger partial charge in [-0.1, -0.05) is 18.2 Å². The summed E-state index contributed by atoms with van der Waals surface area (Å²) < 4.78 is 58.8. The van der Waals surface area contributed by atoms with Gasteiger partial charge in [-0.05, 0) is 72.3 Å². The van der Waals surface area contributed by atoms with Gasteiger partial charge < -0.3 is 9.02 Å². The van der Waals surface area contributed by atoms with Gasteiger partial charge >= 0.3 is 11.4 Å². The monoisotopic (exact) mass is 466 g/mol. The smallest absolute Gasteiger partial charge is 0.357 e. The Morgan fingerprint density at radius 3 is 2.32 bits per heavy atom. The standard InChI is InChI=1S/C20H22N2O7S2/c1-11-3-5-14(20(7-11)31(25,26)27)16-10-18(16)17-9-15(17)13-6-4-12(21-22-28-2)8-19(13)29-30(23)24/h3-8,15-18H,9-10H2,1-2H3,(H,23,24)(H,25,26,27). The van der Waals surface area contributed by atoms with Gasteiger partial charge in [0.05, 0.1) is 10.6 Å². The van der Waals surface area contributed by atoms with Gasteiger partial charge in [0, 0.05) is 11.3 Å². The zero-order valence-electron chi connectivity index (χ0n) is 16.8. The molecule has 5 unspecified atom stereocenters. The van der Waals surface area contributed by atoms with Crippen molar-refractivity contribution in [1.82, 2.24) is 0 Å². The van der Waals surface area contributed by atoms with Gasteiger partial charge in [0.1, 0.15) is 12.9 Å². The van der Waals surface area contributed by atoms with Gasteiger partial charge in [0.25, 0.3) is 10.1 Å². The molecule has 2 aliphatic carbocycles. The summed E-state index contributed by atoms with van der Waals surface area (Å²) in [7, 11) is -2.94. The second kappa shape index (κ2) is 8.30. The van der Waals surface area contributed by atoms with Crippen molar-refractivity contribution in [1.29, 1.82) is 0 Å². The van der Waals surface area contributed by atoms with Crippen molar-refractivity contribution in [3.63, 3.8) is 0 Å². The maximum Gasteiger partial charge on any atom is 0.357 e. The third-order valence-corrected chi connectivity index (χ3v) is 7.10. The highest BCUT2D eigenvalue weighted by Crippen LogP contribution is 2.66. The first-order valence-electron chi connectivity index (χ1n) is 9.64. The number of aryl methyl sites for hydroxylation is 1. The minimum atomic E-state index is -4.30. The summed E-state index contributed by atoms with van der Waals surface area (Å²) >= 11 is -2.49. The molecule has 0 radical (unpaired) electrons. The molecule has 5 atom stereocenters. The summed E-state index contributed by atoms with van der Waals surface area (Å²) in [6, 6.07) is 10.2. The average Bonchev–Trinajstić information content (AvgIpc) is 3.58. The second-order valence-corrected chi connectivity index (χ2v) is 9.91. The molecule has 2 saturated carbocycles. The molecule has 0 heterocycles. The molecule has 2 aromatic rings. The molecule has 0 saturated heterocycles. The second-order valence-electron chi connectivity index (χ2n) is 7.92. The molecule has 0 bridgehead atoms. The summed E-state index contributed by atoms with van der Waals surface area (Å²) in [4.78, 5) is 4.53. The third kappa shape index (κ3) is 4.79. The van der Waals surface area contributed by atoms with Crippen molar-refractivity contribution in [2.45, 2.75) is 36.5 Å². The molecule has 0 spiro atoms. The van der Waals surface area contributed by atoms with Crippen molar-refractivity contribution in [2.24, 2.45) is 22.2 Å². The zero-order valence-corrected chi connectivity index (χ0v) is 18.5. The fraction of sp³-hybridized carbons (Fsp3) is 0.400. The topological polar surface area (TPSA) is 135 Å². The van der Waals surface area contributed by atoms with E-state index in [4.69, 9.17) is 4.18 Å². The summed E-state index contributed by atoms with van der Waals surface area (Å²) in [6.45, 7) is 1.78. The fourth-order valence-electron chi connectivity index (χ4n) is 4.39. The van der Waals surface area contributed by atoms with Gasteiger partial charge in [-0.15, -0.1) is 5.11 Å². The number of hydrogen-bond acceptors (Lipinski definition) is 7. The fourth-order valence-corrected chi connectivity index (χ4v) is 5.54. The van der Waals surface area contributed by atoms with Gasteiger partial charge in [0.2, 0.25) is 0 Å². The molecule has 2 aliphatic rings. The predicted molar refractivity (Wildman–Crippen MR) is 112 cm³/mol. The normalized spacial score (nSPS) is 25.9. The van der Waals surface area contributed by atoms with Crippen molar-refractivity contribution >= 4 is 27.2 Å². The number of benzene rings is 2. The van der Waals surface area contributed by atoms with Crippen LogP contribution in [0.25, 0.3) is 0 Å². The van der Waals surface area contributed by atoms with E-state index in [0.29, 0.717) is 17.2 Å². The van der Waals surface area contributed by atoms with E-state index in [2.05, 4.69) is 15.2 Å². The summed E-state index contributed by atoms with van der Waals surface area (Å²) in [5.74, 6) is 1.00. The highest BCUT2D eigenvalue weighted by Gasteiger charge is 2.55. The molecule has 0 aromatic heterocycles. The predicted octanol–water partition coefficient (Wildman–Crippen LogP) is 4.31. The zero-order chi connectivity index (χ0) is 22.3. The Kier molecular flexibility index (Phi) is 5.86. The maximum absolute atomic E-state index is 11.8. The number of rotatable bonds is 8. The highest BCUT2D eigenvalue weighted by molar-refractivity contribution is 7.85. The molecule has 4 rings (SSSR count). The van der Waals surface area contributed by atoms with Crippen molar-refractivity contribution in [2.75, 3.05) is 7.11 Å². The third-order valence-electron chi connectivity index (χ3n) is 5.87. The van der Waals surface area contributed by atoms with Gasteiger partial charge in [0.15, 0.2) is 0 Å². The van der Waals surface area contributed by atoms with E-state index in [9.17, 15) is 21.7 Å². The van der Waals surface area contributed by atoms with Crippen LogP contribution in [0.5, 0.6) is 5.75 Å². The minimum Gasteiger partial charge on any atom is -0.383 e.